The third kappa shape index (κ3) is 3.54. The van der Waals surface area contributed by atoms with Crippen LogP contribution in [0.1, 0.15) is 49.6 Å². The first kappa shape index (κ1) is 22.2. The lowest BCUT2D eigenvalue weighted by Crippen LogP contribution is -2.57. The summed E-state index contributed by atoms with van der Waals surface area (Å²) in [6, 6.07) is 2.08. The van der Waals surface area contributed by atoms with E-state index < -0.39 is 11.5 Å². The number of nitrogens with zero attached hydrogens (tertiary/aromatic N) is 2. The molecule has 0 saturated heterocycles. The molecule has 0 unspecified atom stereocenters. The summed E-state index contributed by atoms with van der Waals surface area (Å²) in [7, 11) is 0. The summed E-state index contributed by atoms with van der Waals surface area (Å²) < 4.78 is 0. The molecule has 0 aromatic carbocycles. The smallest absolute Gasteiger partial charge is 0.226 e. The number of hydrogen-bond acceptors (Lipinski definition) is 8. The van der Waals surface area contributed by atoms with Crippen molar-refractivity contribution in [3.05, 3.63) is 39.0 Å². The van der Waals surface area contributed by atoms with E-state index in [1.54, 1.807) is 28.9 Å². The fourth-order valence-corrected chi connectivity index (χ4v) is 8.22. The number of aliphatic hydroxyl groups excluding tert-OH is 2. The van der Waals surface area contributed by atoms with Crippen LogP contribution in [0.3, 0.4) is 0 Å². The molecule has 3 heterocycles. The minimum Gasteiger partial charge on any atom is -0.396 e. The number of aliphatic hydroxyl groups is 2. The van der Waals surface area contributed by atoms with E-state index in [1.165, 1.54) is 16.2 Å². The highest BCUT2D eigenvalue weighted by atomic mass is 32.1. The summed E-state index contributed by atoms with van der Waals surface area (Å²) in [5, 5.41) is 31.7. The third-order valence-corrected chi connectivity index (χ3v) is 10.2. The molecule has 3 aromatic rings. The molecule has 32 heavy (non-hydrogen) atoms. The summed E-state index contributed by atoms with van der Waals surface area (Å²) in [6.45, 7) is 4.15. The molecule has 1 amide bonds. The van der Waals surface area contributed by atoms with Crippen LogP contribution in [0.2, 0.25) is 0 Å². The van der Waals surface area contributed by atoms with Crippen molar-refractivity contribution in [1.29, 1.82) is 0 Å². The Bertz CT molecular complexity index is 1100. The van der Waals surface area contributed by atoms with Gasteiger partial charge in [-0.1, -0.05) is 13.8 Å². The molecule has 0 aliphatic heterocycles. The first-order valence-corrected chi connectivity index (χ1v) is 13.5. The van der Waals surface area contributed by atoms with Gasteiger partial charge in [0, 0.05) is 45.2 Å². The second-order valence-corrected chi connectivity index (χ2v) is 12.2. The number of hydrogen-bond donors (Lipinski definition) is 3. The van der Waals surface area contributed by atoms with E-state index in [1.807, 2.05) is 12.3 Å². The van der Waals surface area contributed by atoms with Gasteiger partial charge in [-0.25, -0.2) is 9.97 Å². The minimum absolute atomic E-state index is 0.0599. The second-order valence-electron chi connectivity index (χ2n) is 9.46. The Hall–Kier alpha value is -1.65. The number of nitrogens with one attached hydrogen (secondary N) is 1. The van der Waals surface area contributed by atoms with Crippen molar-refractivity contribution in [2.45, 2.75) is 51.6 Å². The Morgan fingerprint density at radius 2 is 2.19 bits per heavy atom. The molecule has 0 bridgehead atoms. The highest BCUT2D eigenvalue weighted by Crippen LogP contribution is 2.63. The molecular formula is C23H27N3O3S3. The summed E-state index contributed by atoms with van der Waals surface area (Å²) in [5.41, 5.74) is 1.27. The SMILES string of the molecule is C[C@]1(CO)[C@H]2Cc3sc(-c4ccsc4)nc3[C@@H](CC(=O)Nc3nccs3)[C@]2(C)CC[C@H]1O. The summed E-state index contributed by atoms with van der Waals surface area (Å²) in [4.78, 5) is 23.5. The maximum Gasteiger partial charge on any atom is 0.226 e. The van der Waals surface area contributed by atoms with Crippen LogP contribution in [-0.4, -0.2) is 38.8 Å². The fraction of sp³-hybridized carbons (Fsp3) is 0.522. The molecule has 3 aromatic heterocycles. The molecule has 170 valence electrons. The molecule has 2 aliphatic rings. The predicted octanol–water partition coefficient (Wildman–Crippen LogP) is 4.77. The molecule has 5 rings (SSSR count). The number of anilines is 1. The van der Waals surface area contributed by atoms with Crippen molar-refractivity contribution in [3.63, 3.8) is 0 Å². The van der Waals surface area contributed by atoms with Crippen molar-refractivity contribution in [3.8, 4) is 10.6 Å². The van der Waals surface area contributed by atoms with Crippen LogP contribution in [0.4, 0.5) is 5.13 Å². The van der Waals surface area contributed by atoms with Crippen LogP contribution in [0.15, 0.2) is 28.4 Å². The molecule has 5 atom stereocenters. The van der Waals surface area contributed by atoms with Gasteiger partial charge in [-0.2, -0.15) is 11.3 Å². The summed E-state index contributed by atoms with van der Waals surface area (Å²) in [6.07, 6.45) is 3.62. The van der Waals surface area contributed by atoms with Gasteiger partial charge < -0.3 is 15.5 Å². The first-order chi connectivity index (χ1) is 15.3. The van der Waals surface area contributed by atoms with Crippen LogP contribution in [0.5, 0.6) is 0 Å². The topological polar surface area (TPSA) is 95.3 Å². The monoisotopic (exact) mass is 489 g/mol. The van der Waals surface area contributed by atoms with Crippen LogP contribution in [0.25, 0.3) is 10.6 Å². The maximum absolute atomic E-state index is 13.1. The van der Waals surface area contributed by atoms with Gasteiger partial charge in [-0.3, -0.25) is 4.79 Å². The fourth-order valence-electron chi connectivity index (χ4n) is 5.80. The average molecular weight is 490 g/mol. The zero-order chi connectivity index (χ0) is 22.5. The molecule has 6 nitrogen and oxygen atoms in total. The van der Waals surface area contributed by atoms with Gasteiger partial charge in [0.2, 0.25) is 5.91 Å². The van der Waals surface area contributed by atoms with Crippen molar-refractivity contribution in [2.24, 2.45) is 16.7 Å². The zero-order valence-electron chi connectivity index (χ0n) is 18.1. The molecule has 2 aliphatic carbocycles. The Kier molecular flexibility index (Phi) is 5.74. The van der Waals surface area contributed by atoms with E-state index in [0.717, 1.165) is 29.1 Å². The first-order valence-electron chi connectivity index (χ1n) is 10.9. The molecule has 0 spiro atoms. The largest absolute Gasteiger partial charge is 0.396 e. The van der Waals surface area contributed by atoms with Crippen molar-refractivity contribution < 1.29 is 15.0 Å². The van der Waals surface area contributed by atoms with E-state index in [4.69, 9.17) is 4.98 Å². The number of thiazole rings is 2. The van der Waals surface area contributed by atoms with Gasteiger partial charge in [0.25, 0.3) is 0 Å². The maximum atomic E-state index is 13.1. The number of rotatable bonds is 5. The van der Waals surface area contributed by atoms with Crippen LogP contribution >= 0.6 is 34.0 Å². The Morgan fingerprint density at radius 3 is 2.88 bits per heavy atom. The van der Waals surface area contributed by atoms with E-state index in [9.17, 15) is 15.0 Å². The van der Waals surface area contributed by atoms with Gasteiger partial charge in [-0.15, -0.1) is 22.7 Å². The lowest BCUT2D eigenvalue weighted by atomic mass is 9.47. The van der Waals surface area contributed by atoms with Crippen molar-refractivity contribution in [1.82, 2.24) is 9.97 Å². The number of fused-ring (bicyclic) bond motifs is 2. The van der Waals surface area contributed by atoms with Gasteiger partial charge in [-0.05, 0) is 42.0 Å². The molecule has 3 N–H and O–H groups in total. The van der Waals surface area contributed by atoms with Crippen molar-refractivity contribution >= 4 is 45.0 Å². The molecule has 0 radical (unpaired) electrons. The molecule has 1 saturated carbocycles. The van der Waals surface area contributed by atoms with Gasteiger partial charge in [0.1, 0.15) is 5.01 Å². The third-order valence-electron chi connectivity index (χ3n) is 7.73. The minimum atomic E-state index is -0.610. The number of carbonyl (C=O) groups excluding carboxylic acids is 1. The second kappa shape index (κ2) is 8.29. The number of carbonyl (C=O) groups is 1. The normalized spacial score (nSPS) is 31.7. The van der Waals surface area contributed by atoms with E-state index >= 15 is 0 Å². The molecule has 9 heteroatoms. The Balaban J connectivity index is 1.56. The highest BCUT2D eigenvalue weighted by molar-refractivity contribution is 7.15. The van der Waals surface area contributed by atoms with Crippen LogP contribution in [-0.2, 0) is 11.2 Å². The van der Waals surface area contributed by atoms with Gasteiger partial charge >= 0.3 is 0 Å². The van der Waals surface area contributed by atoms with Gasteiger partial charge in [0.05, 0.1) is 18.4 Å². The lowest BCUT2D eigenvalue weighted by Gasteiger charge is -2.58. The standard InChI is InChI=1S/C23H27N3O3S3/c1-22-5-3-17(28)23(2,12-27)16(22)10-15-19(26-20(32-15)13-4-7-30-11-13)14(22)9-18(29)25-21-24-6-8-31-21/h4,6-8,11,14,16-17,27-28H,3,5,9-10,12H2,1-2H3,(H,24,25,29)/t14-,16+,17-,22+,23+/m1/s1. The van der Waals surface area contributed by atoms with Gasteiger partial charge in [0.15, 0.2) is 5.13 Å². The zero-order valence-corrected chi connectivity index (χ0v) is 20.5. The number of amides is 1. The van der Waals surface area contributed by atoms with E-state index in [0.29, 0.717) is 18.0 Å². The number of aromatic nitrogens is 2. The van der Waals surface area contributed by atoms with Crippen molar-refractivity contribution in [2.75, 3.05) is 11.9 Å². The Morgan fingerprint density at radius 1 is 1.34 bits per heavy atom. The van der Waals surface area contributed by atoms with E-state index in [2.05, 4.69) is 34.1 Å². The highest BCUT2D eigenvalue weighted by Gasteiger charge is 2.59. The lowest BCUT2D eigenvalue weighted by molar-refractivity contribution is -0.143. The summed E-state index contributed by atoms with van der Waals surface area (Å²) in [5.74, 6) is -0.0948. The summed E-state index contributed by atoms with van der Waals surface area (Å²) >= 11 is 4.74. The van der Waals surface area contributed by atoms with E-state index in [-0.39, 0.29) is 29.8 Å². The number of thiophene rings is 1. The van der Waals surface area contributed by atoms with Crippen LogP contribution < -0.4 is 5.32 Å². The van der Waals surface area contributed by atoms with Crippen LogP contribution in [0, 0.1) is 16.7 Å². The molecule has 1 fully saturated rings. The average Bonchev–Trinajstić information content (AvgIpc) is 3.53. The molecular weight excluding hydrogens is 462 g/mol. The predicted molar refractivity (Wildman–Crippen MR) is 129 cm³/mol. The quantitative estimate of drug-likeness (QED) is 0.480. The Labute approximate surface area is 199 Å².